The van der Waals surface area contributed by atoms with Gasteiger partial charge in [-0.3, -0.25) is 0 Å². The molecule has 0 amide bonds. The molecular formula is C15H9NOS. The fraction of sp³-hybridized carbons (Fsp3) is 0. The molecule has 3 heteroatoms. The van der Waals surface area contributed by atoms with Gasteiger partial charge < -0.3 is 4.42 Å². The third kappa shape index (κ3) is 1.38. The molecule has 18 heavy (non-hydrogen) atoms. The Hall–Kier alpha value is -2.13. The minimum Gasteiger partial charge on any atom is -0.436 e. The highest BCUT2D eigenvalue weighted by Crippen LogP contribution is 2.34. The summed E-state index contributed by atoms with van der Waals surface area (Å²) in [5, 5.41) is 3.31. The molecule has 0 aliphatic rings. The molecule has 0 aliphatic heterocycles. The van der Waals surface area contributed by atoms with Crippen LogP contribution in [-0.2, 0) is 0 Å². The smallest absolute Gasteiger partial charge is 0.228 e. The Morgan fingerprint density at radius 3 is 2.72 bits per heavy atom. The van der Waals surface area contributed by atoms with Crippen LogP contribution in [0.1, 0.15) is 0 Å². The lowest BCUT2D eigenvalue weighted by Crippen LogP contribution is -1.73. The SMILES string of the molecule is c1ccc2oc(-c3csc4ccccc34)nc2c1. The van der Waals surface area contributed by atoms with Crippen molar-refractivity contribution in [2.45, 2.75) is 0 Å². The van der Waals surface area contributed by atoms with Gasteiger partial charge in [0.25, 0.3) is 0 Å². The van der Waals surface area contributed by atoms with Gasteiger partial charge in [0.2, 0.25) is 5.89 Å². The fourth-order valence-corrected chi connectivity index (χ4v) is 3.07. The first-order chi connectivity index (χ1) is 8.92. The van der Waals surface area contributed by atoms with Crippen LogP contribution in [0.25, 0.3) is 32.6 Å². The third-order valence-corrected chi connectivity index (χ3v) is 3.97. The molecule has 0 radical (unpaired) electrons. The summed E-state index contributed by atoms with van der Waals surface area (Å²) in [6, 6.07) is 16.2. The maximum absolute atomic E-state index is 5.82. The topological polar surface area (TPSA) is 26.0 Å². The van der Waals surface area contributed by atoms with Gasteiger partial charge in [0.15, 0.2) is 5.58 Å². The predicted molar refractivity (Wildman–Crippen MR) is 74.8 cm³/mol. The van der Waals surface area contributed by atoms with Crippen LogP contribution in [0.3, 0.4) is 0 Å². The molecule has 2 aromatic carbocycles. The van der Waals surface area contributed by atoms with E-state index in [0.29, 0.717) is 5.89 Å². The summed E-state index contributed by atoms with van der Waals surface area (Å²) in [6.07, 6.45) is 0. The fourth-order valence-electron chi connectivity index (χ4n) is 2.13. The number of oxazole rings is 1. The summed E-state index contributed by atoms with van der Waals surface area (Å²) < 4.78 is 7.08. The van der Waals surface area contributed by atoms with E-state index in [4.69, 9.17) is 4.42 Å². The number of thiophene rings is 1. The quantitative estimate of drug-likeness (QED) is 0.489. The minimum atomic E-state index is 0.702. The van der Waals surface area contributed by atoms with E-state index in [1.54, 1.807) is 11.3 Å². The molecule has 0 saturated heterocycles. The van der Waals surface area contributed by atoms with E-state index < -0.39 is 0 Å². The van der Waals surface area contributed by atoms with E-state index in [9.17, 15) is 0 Å². The summed E-state index contributed by atoms with van der Waals surface area (Å²) in [7, 11) is 0. The van der Waals surface area contributed by atoms with E-state index in [-0.39, 0.29) is 0 Å². The van der Waals surface area contributed by atoms with Crippen LogP contribution >= 0.6 is 11.3 Å². The Bertz CT molecular complexity index is 811. The van der Waals surface area contributed by atoms with Gasteiger partial charge in [0.1, 0.15) is 5.52 Å². The van der Waals surface area contributed by atoms with E-state index in [2.05, 4.69) is 28.6 Å². The molecule has 0 saturated carbocycles. The largest absolute Gasteiger partial charge is 0.436 e. The summed E-state index contributed by atoms with van der Waals surface area (Å²) >= 11 is 1.72. The molecule has 2 heterocycles. The summed E-state index contributed by atoms with van der Waals surface area (Å²) in [6.45, 7) is 0. The van der Waals surface area contributed by atoms with Crippen LogP contribution in [-0.4, -0.2) is 4.98 Å². The molecule has 0 bridgehead atoms. The van der Waals surface area contributed by atoms with Crippen molar-refractivity contribution >= 4 is 32.5 Å². The van der Waals surface area contributed by atoms with Gasteiger partial charge in [-0.05, 0) is 18.2 Å². The van der Waals surface area contributed by atoms with Crippen molar-refractivity contribution < 1.29 is 4.42 Å². The lowest BCUT2D eigenvalue weighted by atomic mass is 10.2. The standard InChI is InChI=1S/C15H9NOS/c1-4-8-14-10(5-1)11(9-18-14)15-16-12-6-2-3-7-13(12)17-15/h1-9H. The first-order valence-corrected chi connectivity index (χ1v) is 6.62. The molecule has 0 N–H and O–H groups in total. The van der Waals surface area contributed by atoms with Crippen molar-refractivity contribution in [3.8, 4) is 11.5 Å². The molecule has 0 spiro atoms. The molecule has 0 atom stereocenters. The highest BCUT2D eigenvalue weighted by Gasteiger charge is 2.12. The highest BCUT2D eigenvalue weighted by molar-refractivity contribution is 7.17. The number of nitrogens with zero attached hydrogens (tertiary/aromatic N) is 1. The average Bonchev–Trinajstić information content (AvgIpc) is 3.02. The van der Waals surface area contributed by atoms with Crippen LogP contribution in [0.2, 0.25) is 0 Å². The van der Waals surface area contributed by atoms with Gasteiger partial charge in [0, 0.05) is 15.5 Å². The molecule has 0 unspecified atom stereocenters. The monoisotopic (exact) mass is 251 g/mol. The molecule has 0 fully saturated rings. The Labute approximate surface area is 108 Å². The van der Waals surface area contributed by atoms with Gasteiger partial charge in [-0.25, -0.2) is 4.98 Å². The number of aromatic nitrogens is 1. The minimum absolute atomic E-state index is 0.702. The van der Waals surface area contributed by atoms with Gasteiger partial charge in [-0.15, -0.1) is 11.3 Å². The first-order valence-electron chi connectivity index (χ1n) is 5.74. The number of fused-ring (bicyclic) bond motifs is 2. The van der Waals surface area contributed by atoms with Crippen LogP contribution < -0.4 is 0 Å². The lowest BCUT2D eigenvalue weighted by molar-refractivity contribution is 0.621. The summed E-state index contributed by atoms with van der Waals surface area (Å²) in [5.74, 6) is 0.702. The van der Waals surface area contributed by atoms with Gasteiger partial charge in [-0.1, -0.05) is 30.3 Å². The van der Waals surface area contributed by atoms with Crippen LogP contribution in [0.4, 0.5) is 0 Å². The van der Waals surface area contributed by atoms with Gasteiger partial charge in [-0.2, -0.15) is 0 Å². The van der Waals surface area contributed by atoms with Crippen molar-refractivity contribution in [2.75, 3.05) is 0 Å². The molecule has 86 valence electrons. The molecule has 4 aromatic rings. The van der Waals surface area contributed by atoms with Gasteiger partial charge in [0.05, 0.1) is 5.56 Å². The molecule has 4 rings (SSSR count). The Morgan fingerprint density at radius 1 is 0.944 bits per heavy atom. The van der Waals surface area contributed by atoms with E-state index in [1.807, 2.05) is 30.3 Å². The third-order valence-electron chi connectivity index (χ3n) is 3.01. The number of para-hydroxylation sites is 2. The Morgan fingerprint density at radius 2 is 1.78 bits per heavy atom. The van der Waals surface area contributed by atoms with Crippen molar-refractivity contribution in [1.29, 1.82) is 0 Å². The van der Waals surface area contributed by atoms with Crippen LogP contribution in [0, 0.1) is 0 Å². The van der Waals surface area contributed by atoms with E-state index in [1.165, 1.54) is 10.1 Å². The second-order valence-electron chi connectivity index (χ2n) is 4.13. The zero-order valence-corrected chi connectivity index (χ0v) is 10.3. The van der Waals surface area contributed by atoms with Crippen molar-refractivity contribution in [2.24, 2.45) is 0 Å². The highest BCUT2D eigenvalue weighted by atomic mass is 32.1. The Balaban J connectivity index is 2.01. The maximum atomic E-state index is 5.82. The summed E-state index contributed by atoms with van der Waals surface area (Å²) in [5.41, 5.74) is 2.82. The summed E-state index contributed by atoms with van der Waals surface area (Å²) in [4.78, 5) is 4.55. The zero-order valence-electron chi connectivity index (χ0n) is 9.46. The molecule has 0 aliphatic carbocycles. The lowest BCUT2D eigenvalue weighted by Gasteiger charge is -1.92. The average molecular weight is 251 g/mol. The Kier molecular flexibility index (Phi) is 2.02. The predicted octanol–water partition coefficient (Wildman–Crippen LogP) is 4.71. The second-order valence-corrected chi connectivity index (χ2v) is 5.04. The number of hydrogen-bond donors (Lipinski definition) is 0. The van der Waals surface area contributed by atoms with Crippen molar-refractivity contribution in [1.82, 2.24) is 4.98 Å². The van der Waals surface area contributed by atoms with Crippen molar-refractivity contribution in [3.63, 3.8) is 0 Å². The maximum Gasteiger partial charge on any atom is 0.228 e. The normalized spacial score (nSPS) is 11.3. The number of hydrogen-bond acceptors (Lipinski definition) is 3. The molecular weight excluding hydrogens is 242 g/mol. The second kappa shape index (κ2) is 3.68. The number of rotatable bonds is 1. The van der Waals surface area contributed by atoms with Gasteiger partial charge >= 0.3 is 0 Å². The van der Waals surface area contributed by atoms with Crippen LogP contribution in [0.15, 0.2) is 58.3 Å². The molecule has 2 aromatic heterocycles. The first kappa shape index (κ1) is 9.85. The zero-order chi connectivity index (χ0) is 11.9. The van der Waals surface area contributed by atoms with E-state index in [0.717, 1.165) is 16.7 Å². The molecule has 2 nitrogen and oxygen atoms in total. The van der Waals surface area contributed by atoms with E-state index >= 15 is 0 Å². The van der Waals surface area contributed by atoms with Crippen LogP contribution in [0.5, 0.6) is 0 Å². The number of benzene rings is 2. The van der Waals surface area contributed by atoms with Crippen molar-refractivity contribution in [3.05, 3.63) is 53.9 Å².